The van der Waals surface area contributed by atoms with Crippen molar-refractivity contribution < 1.29 is 9.90 Å². The van der Waals surface area contributed by atoms with E-state index in [0.717, 1.165) is 28.1 Å². The number of carboxylic acid groups (broad SMARTS) is 1. The maximum atomic E-state index is 12.2. The average molecular weight is 480 g/mol. The first kappa shape index (κ1) is 25.7. The van der Waals surface area contributed by atoms with Crippen molar-refractivity contribution in [3.8, 4) is 11.1 Å². The fraction of sp³-hybridized carbons (Fsp3) is 0.379. The number of nitrogens with one attached hydrogen (secondary N) is 1. The molecule has 1 aliphatic heterocycles. The minimum atomic E-state index is -0.831. The summed E-state index contributed by atoms with van der Waals surface area (Å²) < 4.78 is 0. The van der Waals surface area contributed by atoms with E-state index in [2.05, 4.69) is 67.5 Å². The van der Waals surface area contributed by atoms with Crippen LogP contribution in [0.3, 0.4) is 0 Å². The van der Waals surface area contributed by atoms with Gasteiger partial charge in [-0.25, -0.2) is 9.78 Å². The van der Waals surface area contributed by atoms with Gasteiger partial charge in [0.2, 0.25) is 0 Å². The maximum absolute atomic E-state index is 12.2. The average Bonchev–Trinajstić information content (AvgIpc) is 3.46. The zero-order chi connectivity index (χ0) is 23.9. The monoisotopic (exact) mass is 479 g/mol. The molecule has 1 aromatic heterocycles. The standard InChI is InChI=1S/C29H33N3O2.Na.H/c1-29(2,3)22-11-8-19(9-12-22)20-10-14-25-21(16-20)17-26(28(33)34)32(25)27-15-13-24(18-30-27)31-23-6-4-5-7-23;;/h8-16,18,23,26,31H,4-7,17H2,1-3H3,(H,33,34);;. The van der Waals surface area contributed by atoms with Gasteiger partial charge in [-0.2, -0.15) is 0 Å². The molecule has 2 N–H and O–H groups in total. The van der Waals surface area contributed by atoms with Crippen molar-refractivity contribution in [2.75, 3.05) is 10.2 Å². The summed E-state index contributed by atoms with van der Waals surface area (Å²) in [6.45, 7) is 6.64. The van der Waals surface area contributed by atoms with Crippen molar-refractivity contribution in [1.82, 2.24) is 4.98 Å². The molecule has 6 heteroatoms. The molecule has 1 unspecified atom stereocenters. The van der Waals surface area contributed by atoms with Gasteiger partial charge in [-0.15, -0.1) is 0 Å². The molecule has 1 atom stereocenters. The summed E-state index contributed by atoms with van der Waals surface area (Å²) in [5.74, 6) is -0.160. The molecular formula is C29H34N3NaO2. The molecular weight excluding hydrogens is 445 g/mol. The number of nitrogens with zero attached hydrogens (tertiary/aromatic N) is 2. The van der Waals surface area contributed by atoms with Gasteiger partial charge in [-0.1, -0.05) is 63.9 Å². The number of hydrogen-bond donors (Lipinski definition) is 2. The van der Waals surface area contributed by atoms with Crippen LogP contribution in [0.15, 0.2) is 60.8 Å². The Kier molecular flexibility index (Phi) is 7.60. The third-order valence-electron chi connectivity index (χ3n) is 7.15. The van der Waals surface area contributed by atoms with Gasteiger partial charge in [-0.05, 0) is 64.8 Å². The van der Waals surface area contributed by atoms with Crippen LogP contribution in [0.25, 0.3) is 11.1 Å². The molecule has 35 heavy (non-hydrogen) atoms. The van der Waals surface area contributed by atoms with E-state index in [4.69, 9.17) is 0 Å². The van der Waals surface area contributed by atoms with Crippen LogP contribution in [0.1, 0.15) is 57.6 Å². The zero-order valence-corrected chi connectivity index (χ0v) is 20.2. The van der Waals surface area contributed by atoms with E-state index in [1.54, 1.807) is 0 Å². The normalized spacial score (nSPS) is 17.7. The summed E-state index contributed by atoms with van der Waals surface area (Å²) in [5, 5.41) is 13.5. The van der Waals surface area contributed by atoms with Gasteiger partial charge in [-0.3, -0.25) is 0 Å². The van der Waals surface area contributed by atoms with Crippen molar-refractivity contribution in [3.05, 3.63) is 71.9 Å². The van der Waals surface area contributed by atoms with E-state index in [0.29, 0.717) is 18.3 Å². The summed E-state index contributed by atoms with van der Waals surface area (Å²) in [6.07, 6.45) is 7.23. The summed E-state index contributed by atoms with van der Waals surface area (Å²) >= 11 is 0. The van der Waals surface area contributed by atoms with Gasteiger partial charge >= 0.3 is 35.5 Å². The van der Waals surface area contributed by atoms with Crippen LogP contribution in [0.4, 0.5) is 17.2 Å². The molecule has 1 aliphatic carbocycles. The summed E-state index contributed by atoms with van der Waals surface area (Å²) in [7, 11) is 0. The van der Waals surface area contributed by atoms with Gasteiger partial charge in [0.15, 0.2) is 0 Å². The Morgan fingerprint density at radius 1 is 1.00 bits per heavy atom. The Hall–Kier alpha value is -2.34. The van der Waals surface area contributed by atoms with Gasteiger partial charge in [0.05, 0.1) is 11.9 Å². The number of anilines is 3. The van der Waals surface area contributed by atoms with Crippen LogP contribution in [0.2, 0.25) is 0 Å². The fourth-order valence-electron chi connectivity index (χ4n) is 5.19. The number of carbonyl (C=O) groups is 1. The Bertz CT molecular complexity index is 1180. The predicted octanol–water partition coefficient (Wildman–Crippen LogP) is 5.90. The van der Waals surface area contributed by atoms with Crippen LogP contribution in [-0.4, -0.2) is 57.7 Å². The summed E-state index contributed by atoms with van der Waals surface area (Å²) in [6, 6.07) is 18.7. The number of rotatable bonds is 5. The predicted molar refractivity (Wildman–Crippen MR) is 145 cm³/mol. The van der Waals surface area contributed by atoms with Crippen LogP contribution in [-0.2, 0) is 16.6 Å². The molecule has 0 radical (unpaired) electrons. The Morgan fingerprint density at radius 2 is 1.69 bits per heavy atom. The van der Waals surface area contributed by atoms with E-state index < -0.39 is 12.0 Å². The van der Waals surface area contributed by atoms with Crippen molar-refractivity contribution in [1.29, 1.82) is 0 Å². The SMILES string of the molecule is CC(C)(C)c1ccc(-c2ccc3c(c2)CC(C(=O)O)N3c2ccc(NC3CCCC3)cn2)cc1.[NaH]. The van der Waals surface area contributed by atoms with Gasteiger partial charge in [0, 0.05) is 18.2 Å². The third-order valence-corrected chi connectivity index (χ3v) is 7.15. The number of pyridine rings is 1. The Balaban J connectivity index is 0.00000289. The van der Waals surface area contributed by atoms with E-state index >= 15 is 0 Å². The molecule has 2 heterocycles. The number of hydrogen-bond acceptors (Lipinski definition) is 4. The van der Waals surface area contributed by atoms with Crippen molar-refractivity contribution in [2.45, 2.75) is 70.4 Å². The molecule has 5 rings (SSSR count). The Morgan fingerprint density at radius 3 is 2.29 bits per heavy atom. The Labute approximate surface area is 230 Å². The van der Waals surface area contributed by atoms with Crippen LogP contribution >= 0.6 is 0 Å². The van der Waals surface area contributed by atoms with Crippen molar-refractivity contribution in [2.24, 2.45) is 0 Å². The number of benzene rings is 2. The molecule has 5 nitrogen and oxygen atoms in total. The van der Waals surface area contributed by atoms with Crippen LogP contribution in [0, 0.1) is 0 Å². The van der Waals surface area contributed by atoms with Gasteiger partial charge in [0.1, 0.15) is 11.9 Å². The number of aromatic nitrogens is 1. The molecule has 0 amide bonds. The van der Waals surface area contributed by atoms with Crippen LogP contribution < -0.4 is 10.2 Å². The number of fused-ring (bicyclic) bond motifs is 1. The van der Waals surface area contributed by atoms with Crippen molar-refractivity contribution >= 4 is 52.7 Å². The number of aliphatic carboxylic acids is 1. The molecule has 3 aromatic rings. The second-order valence-corrected chi connectivity index (χ2v) is 10.6. The van der Waals surface area contributed by atoms with Crippen LogP contribution in [0.5, 0.6) is 0 Å². The molecule has 2 aliphatic rings. The van der Waals surface area contributed by atoms with E-state index in [9.17, 15) is 9.90 Å². The van der Waals surface area contributed by atoms with Crippen molar-refractivity contribution in [3.63, 3.8) is 0 Å². The van der Waals surface area contributed by atoms with Gasteiger partial charge in [0.25, 0.3) is 0 Å². The minimum absolute atomic E-state index is 0. The quantitative estimate of drug-likeness (QED) is 0.446. The second kappa shape index (κ2) is 10.3. The molecule has 0 spiro atoms. The fourth-order valence-corrected chi connectivity index (χ4v) is 5.19. The van der Waals surface area contributed by atoms with E-state index in [-0.39, 0.29) is 35.0 Å². The molecule has 2 aromatic carbocycles. The summed E-state index contributed by atoms with van der Waals surface area (Å²) in [4.78, 5) is 18.7. The third kappa shape index (κ3) is 5.42. The summed E-state index contributed by atoms with van der Waals surface area (Å²) in [5.41, 5.74) is 6.62. The first-order chi connectivity index (χ1) is 16.3. The number of carboxylic acids is 1. The molecule has 0 bridgehead atoms. The molecule has 178 valence electrons. The topological polar surface area (TPSA) is 65.5 Å². The molecule has 1 fully saturated rings. The van der Waals surface area contributed by atoms with E-state index in [1.165, 1.54) is 31.2 Å². The first-order valence-corrected chi connectivity index (χ1v) is 12.3. The zero-order valence-electron chi connectivity index (χ0n) is 20.2. The molecule has 1 saturated carbocycles. The second-order valence-electron chi connectivity index (χ2n) is 10.6. The first-order valence-electron chi connectivity index (χ1n) is 12.3. The molecule has 0 saturated heterocycles. The van der Waals surface area contributed by atoms with Gasteiger partial charge < -0.3 is 15.3 Å². The van der Waals surface area contributed by atoms with E-state index in [1.807, 2.05) is 29.3 Å².